The maximum atomic E-state index is 11.0. The number of anilines is 1. The number of carbonyl (C=O) groups excluding carboxylic acids is 1. The van der Waals surface area contributed by atoms with E-state index in [1.54, 1.807) is 11.3 Å². The van der Waals surface area contributed by atoms with Crippen LogP contribution in [0, 0.1) is 5.92 Å². The molecule has 0 aliphatic carbocycles. The monoisotopic (exact) mass is 256 g/mol. The van der Waals surface area contributed by atoms with E-state index >= 15 is 0 Å². The third-order valence-electron chi connectivity index (χ3n) is 2.58. The molecule has 5 heteroatoms. The molecular weight excluding hydrogens is 236 g/mol. The van der Waals surface area contributed by atoms with Crippen molar-refractivity contribution in [3.05, 3.63) is 16.3 Å². The van der Waals surface area contributed by atoms with Crippen molar-refractivity contribution < 1.29 is 9.90 Å². The summed E-state index contributed by atoms with van der Waals surface area (Å²) in [5, 5.41) is 17.2. The molecule has 0 aliphatic heterocycles. The van der Waals surface area contributed by atoms with Crippen molar-refractivity contribution in [3.63, 3.8) is 0 Å². The largest absolute Gasteiger partial charge is 0.395 e. The highest BCUT2D eigenvalue weighted by Gasteiger charge is 2.13. The van der Waals surface area contributed by atoms with Gasteiger partial charge in [0, 0.05) is 24.4 Å². The molecule has 0 aromatic carbocycles. The van der Waals surface area contributed by atoms with Crippen LogP contribution in [0.4, 0.5) is 5.69 Å². The quantitative estimate of drug-likeness (QED) is 0.727. The van der Waals surface area contributed by atoms with Crippen LogP contribution in [0.3, 0.4) is 0 Å². The van der Waals surface area contributed by atoms with Gasteiger partial charge in [0.05, 0.1) is 12.3 Å². The third kappa shape index (κ3) is 4.46. The fourth-order valence-electron chi connectivity index (χ4n) is 1.51. The molecule has 0 fully saturated rings. The first-order valence-corrected chi connectivity index (χ1v) is 6.60. The smallest absolute Gasteiger partial charge is 0.221 e. The lowest BCUT2D eigenvalue weighted by Gasteiger charge is -2.19. The van der Waals surface area contributed by atoms with Gasteiger partial charge in [-0.05, 0) is 17.4 Å². The van der Waals surface area contributed by atoms with Gasteiger partial charge in [0.25, 0.3) is 0 Å². The summed E-state index contributed by atoms with van der Waals surface area (Å²) < 4.78 is 0. The number of amides is 1. The van der Waals surface area contributed by atoms with Crippen LogP contribution in [0.25, 0.3) is 0 Å². The van der Waals surface area contributed by atoms with Gasteiger partial charge in [-0.2, -0.15) is 0 Å². The van der Waals surface area contributed by atoms with E-state index in [1.165, 1.54) is 6.92 Å². The molecule has 1 rings (SSSR count). The van der Waals surface area contributed by atoms with E-state index in [1.807, 2.05) is 11.4 Å². The lowest BCUT2D eigenvalue weighted by Crippen LogP contribution is -2.36. The Morgan fingerprint density at radius 1 is 1.53 bits per heavy atom. The summed E-state index contributed by atoms with van der Waals surface area (Å²) >= 11 is 1.60. The molecule has 0 aliphatic rings. The summed E-state index contributed by atoms with van der Waals surface area (Å²) in [6.45, 7) is 6.42. The summed E-state index contributed by atoms with van der Waals surface area (Å²) in [7, 11) is 0. The van der Waals surface area contributed by atoms with Crippen molar-refractivity contribution in [2.24, 2.45) is 5.92 Å². The Bertz CT molecular complexity index is 363. The Morgan fingerprint density at radius 3 is 2.76 bits per heavy atom. The number of rotatable bonds is 6. The summed E-state index contributed by atoms with van der Waals surface area (Å²) in [5.74, 6) is 0.316. The fourth-order valence-corrected chi connectivity index (χ4v) is 2.29. The van der Waals surface area contributed by atoms with Gasteiger partial charge in [0.2, 0.25) is 5.91 Å². The average molecular weight is 256 g/mol. The maximum absolute atomic E-state index is 11.0. The third-order valence-corrected chi connectivity index (χ3v) is 3.50. The minimum Gasteiger partial charge on any atom is -0.395 e. The van der Waals surface area contributed by atoms with Gasteiger partial charge in [-0.1, -0.05) is 13.8 Å². The highest BCUT2D eigenvalue weighted by molar-refractivity contribution is 7.10. The molecule has 0 saturated carbocycles. The van der Waals surface area contributed by atoms with Crippen LogP contribution in [-0.2, 0) is 11.3 Å². The second-order valence-corrected chi connectivity index (χ2v) is 5.35. The van der Waals surface area contributed by atoms with E-state index in [0.717, 1.165) is 10.6 Å². The zero-order valence-corrected chi connectivity index (χ0v) is 11.3. The zero-order chi connectivity index (χ0) is 12.8. The van der Waals surface area contributed by atoms with Crippen molar-refractivity contribution in [3.8, 4) is 0 Å². The summed E-state index contributed by atoms with van der Waals surface area (Å²) in [5.41, 5.74) is 0.857. The molecule has 1 aromatic heterocycles. The number of hydrogen-bond donors (Lipinski definition) is 3. The van der Waals surface area contributed by atoms with E-state index in [-0.39, 0.29) is 18.6 Å². The second kappa shape index (κ2) is 6.74. The molecule has 4 nitrogen and oxygen atoms in total. The summed E-state index contributed by atoms with van der Waals surface area (Å²) in [6.07, 6.45) is 0. The van der Waals surface area contributed by atoms with Crippen molar-refractivity contribution in [2.45, 2.75) is 33.4 Å². The van der Waals surface area contributed by atoms with Gasteiger partial charge >= 0.3 is 0 Å². The first kappa shape index (κ1) is 14.2. The molecule has 0 unspecified atom stereocenters. The molecule has 17 heavy (non-hydrogen) atoms. The van der Waals surface area contributed by atoms with E-state index < -0.39 is 0 Å². The number of aliphatic hydroxyl groups is 1. The minimum absolute atomic E-state index is 0.0628. The molecule has 96 valence electrons. The SMILES string of the molecule is CC(=O)Nc1ccsc1CN[C@H](CO)C(C)C. The number of thiophene rings is 1. The molecule has 1 atom stereocenters. The van der Waals surface area contributed by atoms with Crippen molar-refractivity contribution >= 4 is 22.9 Å². The summed E-state index contributed by atoms with van der Waals surface area (Å²) in [4.78, 5) is 12.1. The second-order valence-electron chi connectivity index (χ2n) is 4.35. The van der Waals surface area contributed by atoms with Gasteiger partial charge in [-0.15, -0.1) is 11.3 Å². The average Bonchev–Trinajstić information content (AvgIpc) is 2.65. The Hall–Kier alpha value is -0.910. The molecule has 1 amide bonds. The minimum atomic E-state index is -0.0628. The van der Waals surface area contributed by atoms with Crippen LogP contribution < -0.4 is 10.6 Å². The molecule has 0 spiro atoms. The highest BCUT2D eigenvalue weighted by Crippen LogP contribution is 2.22. The molecule has 1 heterocycles. The van der Waals surface area contributed by atoms with Crippen LogP contribution in [0.15, 0.2) is 11.4 Å². The molecule has 1 aromatic rings. The van der Waals surface area contributed by atoms with E-state index in [0.29, 0.717) is 12.5 Å². The van der Waals surface area contributed by atoms with Crippen LogP contribution >= 0.6 is 11.3 Å². The molecular formula is C12H20N2O2S. The standard InChI is InChI=1S/C12H20N2O2S/c1-8(2)11(7-15)13-6-12-10(4-5-17-12)14-9(3)16/h4-5,8,11,13,15H,6-7H2,1-3H3,(H,14,16)/t11-/m1/s1. The van der Waals surface area contributed by atoms with Crippen molar-refractivity contribution in [1.82, 2.24) is 5.32 Å². The van der Waals surface area contributed by atoms with E-state index in [9.17, 15) is 9.90 Å². The van der Waals surface area contributed by atoms with Crippen molar-refractivity contribution in [1.29, 1.82) is 0 Å². The molecule has 0 bridgehead atoms. The Kier molecular flexibility index (Phi) is 5.61. The van der Waals surface area contributed by atoms with Gasteiger partial charge in [-0.3, -0.25) is 4.79 Å². The van der Waals surface area contributed by atoms with Gasteiger partial charge in [-0.25, -0.2) is 0 Å². The lowest BCUT2D eigenvalue weighted by atomic mass is 10.1. The predicted octanol–water partition coefficient (Wildman–Crippen LogP) is 1.81. The first-order valence-electron chi connectivity index (χ1n) is 5.72. The number of carbonyl (C=O) groups is 1. The molecule has 0 saturated heterocycles. The fraction of sp³-hybridized carbons (Fsp3) is 0.583. The van der Waals surface area contributed by atoms with Crippen LogP contribution in [-0.4, -0.2) is 23.7 Å². The highest BCUT2D eigenvalue weighted by atomic mass is 32.1. The zero-order valence-electron chi connectivity index (χ0n) is 10.5. The first-order chi connectivity index (χ1) is 8.04. The normalized spacial score (nSPS) is 12.8. The van der Waals surface area contributed by atoms with E-state index in [4.69, 9.17) is 0 Å². The topological polar surface area (TPSA) is 61.4 Å². The molecule has 0 radical (unpaired) electrons. The predicted molar refractivity (Wildman–Crippen MR) is 71.2 cm³/mol. The Labute approximate surface area is 106 Å². The number of aliphatic hydroxyl groups excluding tert-OH is 1. The lowest BCUT2D eigenvalue weighted by molar-refractivity contribution is -0.114. The number of nitrogens with one attached hydrogen (secondary N) is 2. The van der Waals surface area contributed by atoms with E-state index in [2.05, 4.69) is 24.5 Å². The Morgan fingerprint density at radius 2 is 2.24 bits per heavy atom. The van der Waals surface area contributed by atoms with Crippen LogP contribution in [0.5, 0.6) is 0 Å². The van der Waals surface area contributed by atoms with Crippen molar-refractivity contribution in [2.75, 3.05) is 11.9 Å². The van der Waals surface area contributed by atoms with Crippen LogP contribution in [0.1, 0.15) is 25.6 Å². The number of hydrogen-bond acceptors (Lipinski definition) is 4. The Balaban J connectivity index is 2.56. The van der Waals surface area contributed by atoms with Crippen LogP contribution in [0.2, 0.25) is 0 Å². The molecule has 3 N–H and O–H groups in total. The summed E-state index contributed by atoms with van der Waals surface area (Å²) in [6, 6.07) is 1.98. The van der Waals surface area contributed by atoms with Gasteiger partial charge < -0.3 is 15.7 Å². The maximum Gasteiger partial charge on any atom is 0.221 e. The van der Waals surface area contributed by atoms with Gasteiger partial charge in [0.1, 0.15) is 0 Å². The van der Waals surface area contributed by atoms with Gasteiger partial charge in [0.15, 0.2) is 0 Å².